The zero-order chi connectivity index (χ0) is 24.2. The van der Waals surface area contributed by atoms with Crippen LogP contribution in [0.25, 0.3) is 16.8 Å². The number of carbonyl (C=O) groups is 1. The minimum Gasteiger partial charge on any atom is -0.497 e. The van der Waals surface area contributed by atoms with Gasteiger partial charge < -0.3 is 15.0 Å². The van der Waals surface area contributed by atoms with Crippen molar-refractivity contribution in [2.45, 2.75) is 32.7 Å². The van der Waals surface area contributed by atoms with E-state index < -0.39 is 0 Å². The number of methoxy groups -OCH3 is 1. The number of hydrogen-bond acceptors (Lipinski definition) is 5. The molecule has 1 aliphatic rings. The minimum absolute atomic E-state index is 0.0681. The van der Waals surface area contributed by atoms with Crippen LogP contribution < -0.4 is 15.0 Å². The Morgan fingerprint density at radius 3 is 2.77 bits per heavy atom. The average molecular weight is 470 g/mol. The van der Waals surface area contributed by atoms with Crippen LogP contribution in [0.5, 0.6) is 5.75 Å². The monoisotopic (exact) mass is 469 g/mol. The molecule has 7 heteroatoms. The van der Waals surface area contributed by atoms with Crippen LogP contribution in [-0.2, 0) is 17.8 Å². The van der Waals surface area contributed by atoms with Crippen molar-refractivity contribution < 1.29 is 9.53 Å². The van der Waals surface area contributed by atoms with Gasteiger partial charge in [0.2, 0.25) is 5.91 Å². The van der Waals surface area contributed by atoms with Gasteiger partial charge >= 0.3 is 0 Å². The van der Waals surface area contributed by atoms with E-state index >= 15 is 0 Å². The summed E-state index contributed by atoms with van der Waals surface area (Å²) < 4.78 is 7.23. The van der Waals surface area contributed by atoms with Gasteiger partial charge in [-0.2, -0.15) is 5.10 Å². The Morgan fingerprint density at radius 2 is 1.97 bits per heavy atom. The van der Waals surface area contributed by atoms with Crippen molar-refractivity contribution in [1.82, 2.24) is 19.9 Å². The molecular weight excluding hydrogens is 438 g/mol. The molecule has 2 aromatic heterocycles. The lowest BCUT2D eigenvalue weighted by molar-refractivity contribution is -0.125. The first-order chi connectivity index (χ1) is 17.1. The molecule has 1 amide bonds. The predicted octanol–water partition coefficient (Wildman–Crippen LogP) is 4.50. The normalized spacial score (nSPS) is 15.8. The van der Waals surface area contributed by atoms with Gasteiger partial charge in [0.05, 0.1) is 18.7 Å². The molecule has 1 atom stereocenters. The second kappa shape index (κ2) is 10.2. The Morgan fingerprint density at radius 1 is 1.14 bits per heavy atom. The van der Waals surface area contributed by atoms with E-state index in [1.807, 2.05) is 35.0 Å². The van der Waals surface area contributed by atoms with Crippen molar-refractivity contribution in [2.75, 3.05) is 25.1 Å². The molecule has 0 bridgehead atoms. The third kappa shape index (κ3) is 4.99. The number of nitrogens with zero attached hydrogens (tertiary/aromatic N) is 4. The average Bonchev–Trinajstić information content (AvgIpc) is 3.37. The van der Waals surface area contributed by atoms with Gasteiger partial charge in [-0.05, 0) is 48.6 Å². The smallest absolute Gasteiger partial charge is 0.225 e. The van der Waals surface area contributed by atoms with Crippen LogP contribution >= 0.6 is 0 Å². The number of amides is 1. The first kappa shape index (κ1) is 22.9. The third-order valence-corrected chi connectivity index (χ3v) is 6.72. The maximum atomic E-state index is 13.0. The van der Waals surface area contributed by atoms with E-state index in [1.54, 1.807) is 13.3 Å². The molecule has 3 heterocycles. The summed E-state index contributed by atoms with van der Waals surface area (Å²) in [5.41, 5.74) is 5.21. The number of ether oxygens (including phenoxy) is 1. The number of fused-ring (bicyclic) bond motifs is 1. The fraction of sp³-hybridized carbons (Fsp3) is 0.321. The first-order valence-electron chi connectivity index (χ1n) is 12.2. The zero-order valence-corrected chi connectivity index (χ0v) is 20.3. The number of anilines is 1. The molecule has 0 aliphatic carbocycles. The van der Waals surface area contributed by atoms with E-state index in [2.05, 4.69) is 52.5 Å². The summed E-state index contributed by atoms with van der Waals surface area (Å²) in [6.45, 7) is 4.21. The van der Waals surface area contributed by atoms with Crippen molar-refractivity contribution in [3.05, 3.63) is 78.1 Å². The van der Waals surface area contributed by atoms with Crippen LogP contribution in [0, 0.1) is 5.92 Å². The quantitative estimate of drug-likeness (QED) is 0.432. The molecule has 2 aromatic carbocycles. The van der Waals surface area contributed by atoms with Gasteiger partial charge in [-0.15, -0.1) is 0 Å². The van der Waals surface area contributed by atoms with Crippen molar-refractivity contribution in [1.29, 1.82) is 0 Å². The molecule has 1 fully saturated rings. The van der Waals surface area contributed by atoms with Crippen LogP contribution in [0.1, 0.15) is 30.9 Å². The van der Waals surface area contributed by atoms with Crippen molar-refractivity contribution in [3.8, 4) is 17.0 Å². The summed E-state index contributed by atoms with van der Waals surface area (Å²) in [5, 5.41) is 7.89. The number of aromatic nitrogens is 3. The highest BCUT2D eigenvalue weighted by Gasteiger charge is 2.27. The Kier molecular flexibility index (Phi) is 6.66. The van der Waals surface area contributed by atoms with Gasteiger partial charge in [0.15, 0.2) is 5.82 Å². The minimum atomic E-state index is -0.0681. The maximum absolute atomic E-state index is 13.0. The summed E-state index contributed by atoms with van der Waals surface area (Å²) in [5.74, 6) is 1.69. The maximum Gasteiger partial charge on any atom is 0.225 e. The molecule has 0 radical (unpaired) electrons. The highest BCUT2D eigenvalue weighted by atomic mass is 16.5. The van der Waals surface area contributed by atoms with Crippen LogP contribution in [0.2, 0.25) is 0 Å². The van der Waals surface area contributed by atoms with E-state index in [-0.39, 0.29) is 11.8 Å². The standard InChI is InChI=1S/C28H31N5O2/c1-3-20-9-11-21(12-10-20)18-30-28(34)23-7-5-14-32(19-23)27-26-17-25(31-33(26)15-13-29-27)22-6-4-8-24(16-22)35-2/h4,6,8-13,15-17,23H,3,5,7,14,18-19H2,1-2H3,(H,30,34)/t23-/m0/s1. The SMILES string of the molecule is CCc1ccc(CNC(=O)[C@H]2CCCN(c3nccn4nc(-c5cccc(OC)c5)cc34)C2)cc1. The molecule has 35 heavy (non-hydrogen) atoms. The molecule has 5 rings (SSSR count). The molecule has 4 aromatic rings. The first-order valence-corrected chi connectivity index (χ1v) is 12.2. The van der Waals surface area contributed by atoms with E-state index in [1.165, 1.54) is 5.56 Å². The molecule has 0 spiro atoms. The van der Waals surface area contributed by atoms with Gasteiger partial charge in [0.1, 0.15) is 11.3 Å². The molecule has 0 saturated carbocycles. The molecular formula is C28H31N5O2. The predicted molar refractivity (Wildman–Crippen MR) is 138 cm³/mol. The van der Waals surface area contributed by atoms with E-state index in [4.69, 9.17) is 9.84 Å². The fourth-order valence-corrected chi connectivity index (χ4v) is 4.69. The van der Waals surface area contributed by atoms with Crippen LogP contribution in [-0.4, -0.2) is 40.7 Å². The number of carbonyl (C=O) groups excluding carboxylic acids is 1. The molecule has 1 saturated heterocycles. The van der Waals surface area contributed by atoms with Gasteiger partial charge in [-0.3, -0.25) is 4.79 Å². The summed E-state index contributed by atoms with van der Waals surface area (Å²) in [6, 6.07) is 18.4. The van der Waals surface area contributed by atoms with Gasteiger partial charge in [0, 0.05) is 37.6 Å². The molecule has 1 N–H and O–H groups in total. The Bertz CT molecular complexity index is 1310. The number of aryl methyl sites for hydroxylation is 1. The highest BCUT2D eigenvalue weighted by Crippen LogP contribution is 2.29. The molecule has 1 aliphatic heterocycles. The summed E-state index contributed by atoms with van der Waals surface area (Å²) in [4.78, 5) is 19.9. The van der Waals surface area contributed by atoms with Crippen LogP contribution in [0.4, 0.5) is 5.82 Å². The molecule has 180 valence electrons. The molecule has 7 nitrogen and oxygen atoms in total. The second-order valence-electron chi connectivity index (χ2n) is 9.02. The lowest BCUT2D eigenvalue weighted by Gasteiger charge is -2.33. The van der Waals surface area contributed by atoms with Crippen molar-refractivity contribution >= 4 is 17.2 Å². The van der Waals surface area contributed by atoms with Gasteiger partial charge in [-0.25, -0.2) is 9.50 Å². The van der Waals surface area contributed by atoms with Gasteiger partial charge in [-0.1, -0.05) is 43.3 Å². The lowest BCUT2D eigenvalue weighted by Crippen LogP contribution is -2.43. The number of hydrogen-bond donors (Lipinski definition) is 1. The van der Waals surface area contributed by atoms with Crippen molar-refractivity contribution in [2.24, 2.45) is 5.92 Å². The van der Waals surface area contributed by atoms with Crippen molar-refractivity contribution in [3.63, 3.8) is 0 Å². The third-order valence-electron chi connectivity index (χ3n) is 6.72. The highest BCUT2D eigenvalue weighted by molar-refractivity contribution is 5.81. The summed E-state index contributed by atoms with van der Waals surface area (Å²) >= 11 is 0. The van der Waals surface area contributed by atoms with E-state index in [0.717, 1.165) is 59.7 Å². The Labute approximate surface area is 205 Å². The topological polar surface area (TPSA) is 71.8 Å². The lowest BCUT2D eigenvalue weighted by atomic mass is 9.97. The summed E-state index contributed by atoms with van der Waals surface area (Å²) in [7, 11) is 1.66. The van der Waals surface area contributed by atoms with Gasteiger partial charge in [0.25, 0.3) is 0 Å². The van der Waals surface area contributed by atoms with E-state index in [0.29, 0.717) is 13.1 Å². The Hall–Kier alpha value is -3.87. The number of rotatable bonds is 7. The number of nitrogens with one attached hydrogen (secondary N) is 1. The second-order valence-corrected chi connectivity index (χ2v) is 9.02. The largest absolute Gasteiger partial charge is 0.497 e. The fourth-order valence-electron chi connectivity index (χ4n) is 4.69. The van der Waals surface area contributed by atoms with E-state index in [9.17, 15) is 4.79 Å². The van der Waals surface area contributed by atoms with Crippen LogP contribution in [0.3, 0.4) is 0 Å². The van der Waals surface area contributed by atoms with Crippen LogP contribution in [0.15, 0.2) is 67.0 Å². The summed E-state index contributed by atoms with van der Waals surface area (Å²) in [6.07, 6.45) is 6.48. The number of benzene rings is 2. The zero-order valence-electron chi connectivity index (χ0n) is 20.3. The number of piperidine rings is 1. The Balaban J connectivity index is 1.31. The molecule has 0 unspecified atom stereocenters.